The van der Waals surface area contributed by atoms with Crippen molar-refractivity contribution in [2.45, 2.75) is 58.3 Å². The van der Waals surface area contributed by atoms with E-state index in [0.717, 1.165) is 49.2 Å². The molecule has 0 bridgehead atoms. The Morgan fingerprint density at radius 2 is 1.50 bits per heavy atom. The second-order valence-electron chi connectivity index (χ2n) is 5.26. The predicted octanol–water partition coefficient (Wildman–Crippen LogP) is 4.62. The highest BCUT2D eigenvalue weighted by Gasteiger charge is 2.10. The van der Waals surface area contributed by atoms with Crippen LogP contribution < -0.4 is 0 Å². The van der Waals surface area contributed by atoms with E-state index in [4.69, 9.17) is 9.47 Å². The quantitative estimate of drug-likeness (QED) is 0.223. The van der Waals surface area contributed by atoms with Crippen molar-refractivity contribution in [3.63, 3.8) is 0 Å². The molecule has 0 rings (SSSR count). The molecule has 1 unspecified atom stereocenters. The number of unbranched alkanes of at least 4 members (excludes halogenated alkanes) is 1. The van der Waals surface area contributed by atoms with E-state index in [1.165, 1.54) is 0 Å². The fourth-order valence-corrected chi connectivity index (χ4v) is 2.46. The molecule has 0 saturated heterocycles. The van der Waals surface area contributed by atoms with Gasteiger partial charge in [0, 0.05) is 23.5 Å². The number of hydrogen-bond acceptors (Lipinski definition) is 4. The van der Waals surface area contributed by atoms with Crippen LogP contribution in [0.2, 0.25) is 0 Å². The first kappa shape index (κ1) is 21.9. The smallest absolute Gasteiger partial charge is 0.305 e. The van der Waals surface area contributed by atoms with Gasteiger partial charge < -0.3 is 9.47 Å². The number of carbonyl (C=O) groups is 2. The Bertz CT molecular complexity index is 298. The molecular weight excluding hydrogens is 416 g/mol. The maximum Gasteiger partial charge on any atom is 0.305 e. The fraction of sp³-hybridized carbons (Fsp3) is 0.875. The van der Waals surface area contributed by atoms with Crippen LogP contribution in [0.5, 0.6) is 0 Å². The summed E-state index contributed by atoms with van der Waals surface area (Å²) >= 11 is 6.59. The molecule has 0 aromatic rings. The summed E-state index contributed by atoms with van der Waals surface area (Å²) in [4.78, 5) is 22.8. The normalized spacial score (nSPS) is 12.0. The highest BCUT2D eigenvalue weighted by atomic mass is 79.9. The third-order valence-corrected chi connectivity index (χ3v) is 4.48. The number of halogens is 2. The van der Waals surface area contributed by atoms with Gasteiger partial charge in [-0.15, -0.1) is 0 Å². The van der Waals surface area contributed by atoms with Gasteiger partial charge in [0.05, 0.1) is 13.2 Å². The van der Waals surface area contributed by atoms with E-state index in [9.17, 15) is 9.59 Å². The molecule has 1 atom stereocenters. The number of alkyl halides is 2. The molecule has 0 amide bonds. The van der Waals surface area contributed by atoms with Gasteiger partial charge in [0.25, 0.3) is 0 Å². The summed E-state index contributed by atoms with van der Waals surface area (Å²) in [6, 6.07) is 0. The largest absolute Gasteiger partial charge is 0.466 e. The van der Waals surface area contributed by atoms with Gasteiger partial charge in [-0.2, -0.15) is 0 Å². The molecule has 0 heterocycles. The van der Waals surface area contributed by atoms with E-state index in [-0.39, 0.29) is 11.9 Å². The van der Waals surface area contributed by atoms with Crippen molar-refractivity contribution in [2.24, 2.45) is 5.92 Å². The Hall–Kier alpha value is -0.100. The van der Waals surface area contributed by atoms with Crippen molar-refractivity contribution in [3.05, 3.63) is 0 Å². The summed E-state index contributed by atoms with van der Waals surface area (Å²) in [5.41, 5.74) is 0. The summed E-state index contributed by atoms with van der Waals surface area (Å²) in [6.45, 7) is 3.10. The molecule has 4 nitrogen and oxygen atoms in total. The van der Waals surface area contributed by atoms with E-state index in [0.29, 0.717) is 32.0 Å². The minimum absolute atomic E-state index is 0.112. The summed E-state index contributed by atoms with van der Waals surface area (Å²) in [6.07, 6.45) is 6.45. The maximum atomic E-state index is 11.5. The van der Waals surface area contributed by atoms with E-state index in [1.54, 1.807) is 0 Å². The molecule has 22 heavy (non-hydrogen) atoms. The second kappa shape index (κ2) is 15.8. The van der Waals surface area contributed by atoms with Gasteiger partial charge in [0.1, 0.15) is 0 Å². The number of carbonyl (C=O) groups excluding carboxylic acids is 2. The van der Waals surface area contributed by atoms with E-state index >= 15 is 0 Å². The topological polar surface area (TPSA) is 52.6 Å². The molecule has 0 spiro atoms. The zero-order chi connectivity index (χ0) is 16.6. The predicted molar refractivity (Wildman–Crippen MR) is 95.6 cm³/mol. The van der Waals surface area contributed by atoms with Crippen LogP contribution in [0.3, 0.4) is 0 Å². The van der Waals surface area contributed by atoms with Crippen molar-refractivity contribution >= 4 is 43.8 Å². The van der Waals surface area contributed by atoms with Gasteiger partial charge in [-0.3, -0.25) is 9.59 Å². The SMILES string of the molecule is CCC(CCCCOC(=O)CCCBr)COC(=O)CCCBr. The lowest BCUT2D eigenvalue weighted by Crippen LogP contribution is -2.14. The lowest BCUT2D eigenvalue weighted by atomic mass is 10.0. The van der Waals surface area contributed by atoms with Gasteiger partial charge in [-0.1, -0.05) is 45.2 Å². The minimum atomic E-state index is -0.118. The monoisotopic (exact) mass is 442 g/mol. The maximum absolute atomic E-state index is 11.5. The fourth-order valence-electron chi connectivity index (χ4n) is 1.90. The highest BCUT2D eigenvalue weighted by Crippen LogP contribution is 2.14. The molecule has 0 aliphatic rings. The number of ether oxygens (including phenoxy) is 2. The molecule has 0 aromatic carbocycles. The van der Waals surface area contributed by atoms with Crippen LogP contribution in [0.25, 0.3) is 0 Å². The lowest BCUT2D eigenvalue weighted by Gasteiger charge is -2.15. The van der Waals surface area contributed by atoms with Crippen LogP contribution >= 0.6 is 31.9 Å². The number of hydrogen-bond donors (Lipinski definition) is 0. The van der Waals surface area contributed by atoms with Crippen LogP contribution in [0, 0.1) is 5.92 Å². The van der Waals surface area contributed by atoms with Gasteiger partial charge in [0.2, 0.25) is 0 Å². The molecule has 0 aromatic heterocycles. The van der Waals surface area contributed by atoms with Crippen molar-refractivity contribution < 1.29 is 19.1 Å². The van der Waals surface area contributed by atoms with Crippen molar-refractivity contribution in [1.29, 1.82) is 0 Å². The molecule has 0 fully saturated rings. The first-order chi connectivity index (χ1) is 10.6. The molecule has 0 radical (unpaired) electrons. The highest BCUT2D eigenvalue weighted by molar-refractivity contribution is 9.09. The Kier molecular flexibility index (Phi) is 15.7. The van der Waals surface area contributed by atoms with E-state index < -0.39 is 0 Å². The van der Waals surface area contributed by atoms with Gasteiger partial charge >= 0.3 is 11.9 Å². The van der Waals surface area contributed by atoms with Crippen LogP contribution in [-0.2, 0) is 19.1 Å². The molecule has 0 saturated carbocycles. The molecule has 0 N–H and O–H groups in total. The summed E-state index contributed by atoms with van der Waals surface area (Å²) in [5, 5.41) is 1.66. The van der Waals surface area contributed by atoms with Gasteiger partial charge in [0.15, 0.2) is 0 Å². The van der Waals surface area contributed by atoms with Crippen LogP contribution in [0.15, 0.2) is 0 Å². The van der Waals surface area contributed by atoms with Crippen LogP contribution in [0.4, 0.5) is 0 Å². The molecule has 0 aliphatic carbocycles. The number of rotatable bonds is 14. The Morgan fingerprint density at radius 1 is 0.909 bits per heavy atom. The third kappa shape index (κ3) is 13.6. The first-order valence-corrected chi connectivity index (χ1v) is 10.3. The molecular formula is C16H28Br2O4. The van der Waals surface area contributed by atoms with Crippen LogP contribution in [0.1, 0.15) is 58.3 Å². The number of esters is 2. The summed E-state index contributed by atoms with van der Waals surface area (Å²) in [5.74, 6) is 0.169. The Morgan fingerprint density at radius 3 is 2.05 bits per heavy atom. The Balaban J connectivity index is 3.61. The average molecular weight is 444 g/mol. The lowest BCUT2D eigenvalue weighted by molar-refractivity contribution is -0.146. The minimum Gasteiger partial charge on any atom is -0.466 e. The summed E-state index contributed by atoms with van der Waals surface area (Å²) in [7, 11) is 0. The van der Waals surface area contributed by atoms with E-state index in [2.05, 4.69) is 38.8 Å². The van der Waals surface area contributed by atoms with Crippen molar-refractivity contribution in [2.75, 3.05) is 23.9 Å². The standard InChI is InChI=1S/C16H28Br2O4/c1-2-14(13-22-16(20)9-6-11-18)7-3-4-12-21-15(19)8-5-10-17/h14H,2-13H2,1H3. The third-order valence-electron chi connectivity index (χ3n) is 3.36. The molecule has 130 valence electrons. The van der Waals surface area contributed by atoms with E-state index in [1.807, 2.05) is 0 Å². The van der Waals surface area contributed by atoms with Crippen molar-refractivity contribution in [1.82, 2.24) is 0 Å². The zero-order valence-corrected chi connectivity index (χ0v) is 16.6. The second-order valence-corrected chi connectivity index (χ2v) is 6.84. The van der Waals surface area contributed by atoms with Crippen LogP contribution in [-0.4, -0.2) is 35.8 Å². The molecule has 6 heteroatoms. The average Bonchev–Trinajstić information content (AvgIpc) is 2.53. The zero-order valence-electron chi connectivity index (χ0n) is 13.5. The van der Waals surface area contributed by atoms with Crippen molar-refractivity contribution in [3.8, 4) is 0 Å². The first-order valence-electron chi connectivity index (χ1n) is 8.07. The Labute approximate surface area is 150 Å². The van der Waals surface area contributed by atoms with Gasteiger partial charge in [-0.25, -0.2) is 0 Å². The van der Waals surface area contributed by atoms with Gasteiger partial charge in [-0.05, 0) is 38.0 Å². The summed E-state index contributed by atoms with van der Waals surface area (Å²) < 4.78 is 10.4. The molecule has 0 aliphatic heterocycles.